The standard InChI is InChI=1S/C22H28F2O2/c1-4-5-6-7-8-9-18-10-12-19(13-11-18)22(23,24)26-20-14-16(2)21(25)17(3)15-20/h10-15,25H,4-9H2,1-3H3. The van der Waals surface area contributed by atoms with E-state index in [1.54, 1.807) is 26.0 Å². The summed E-state index contributed by atoms with van der Waals surface area (Å²) in [7, 11) is 0. The Bertz CT molecular complexity index is 686. The number of rotatable bonds is 9. The largest absolute Gasteiger partial charge is 0.507 e. The quantitative estimate of drug-likeness (QED) is 0.506. The van der Waals surface area contributed by atoms with Crippen molar-refractivity contribution in [3.8, 4) is 11.5 Å². The Labute approximate surface area is 154 Å². The van der Waals surface area contributed by atoms with Crippen LogP contribution in [0.15, 0.2) is 36.4 Å². The smallest absolute Gasteiger partial charge is 0.426 e. The van der Waals surface area contributed by atoms with Gasteiger partial charge in [0, 0.05) is 0 Å². The number of alkyl halides is 2. The third-order valence-corrected chi connectivity index (χ3v) is 4.57. The molecule has 0 saturated carbocycles. The third-order valence-electron chi connectivity index (χ3n) is 4.57. The van der Waals surface area contributed by atoms with Crippen molar-refractivity contribution in [3.05, 3.63) is 58.7 Å². The average Bonchev–Trinajstić information content (AvgIpc) is 2.59. The lowest BCUT2D eigenvalue weighted by Crippen LogP contribution is -2.22. The number of unbranched alkanes of at least 4 members (excludes halogenated alkanes) is 4. The van der Waals surface area contributed by atoms with Gasteiger partial charge < -0.3 is 9.84 Å². The van der Waals surface area contributed by atoms with Crippen molar-refractivity contribution in [2.75, 3.05) is 0 Å². The van der Waals surface area contributed by atoms with Crippen LogP contribution in [0.5, 0.6) is 11.5 Å². The lowest BCUT2D eigenvalue weighted by molar-refractivity contribution is -0.185. The molecule has 4 heteroatoms. The molecule has 0 atom stereocenters. The summed E-state index contributed by atoms with van der Waals surface area (Å²) in [6.07, 6.45) is 3.43. The summed E-state index contributed by atoms with van der Waals surface area (Å²) in [5.41, 5.74) is 1.91. The second kappa shape index (κ2) is 9.02. The van der Waals surface area contributed by atoms with Crippen molar-refractivity contribution < 1.29 is 18.6 Å². The lowest BCUT2D eigenvalue weighted by Gasteiger charge is -2.19. The Balaban J connectivity index is 2.00. The molecule has 142 valence electrons. The van der Waals surface area contributed by atoms with Gasteiger partial charge in [-0.25, -0.2) is 0 Å². The molecule has 2 aromatic rings. The molecule has 0 fully saturated rings. The average molecular weight is 362 g/mol. The number of phenols is 1. The number of hydrogen-bond acceptors (Lipinski definition) is 2. The van der Waals surface area contributed by atoms with Crippen LogP contribution >= 0.6 is 0 Å². The Kier molecular flexibility index (Phi) is 7.01. The van der Waals surface area contributed by atoms with Gasteiger partial charge >= 0.3 is 6.11 Å². The van der Waals surface area contributed by atoms with Crippen LogP contribution in [0.4, 0.5) is 8.78 Å². The summed E-state index contributed by atoms with van der Waals surface area (Å²) in [5.74, 6) is 0.145. The van der Waals surface area contributed by atoms with Crippen LogP contribution < -0.4 is 4.74 Å². The van der Waals surface area contributed by atoms with Crippen molar-refractivity contribution in [2.24, 2.45) is 0 Å². The summed E-state index contributed by atoms with van der Waals surface area (Å²) >= 11 is 0. The fraction of sp³-hybridized carbons (Fsp3) is 0.455. The molecule has 2 aromatic carbocycles. The summed E-state index contributed by atoms with van der Waals surface area (Å²) < 4.78 is 33.8. The van der Waals surface area contributed by atoms with Crippen molar-refractivity contribution in [1.82, 2.24) is 0 Å². The first-order valence-electron chi connectivity index (χ1n) is 9.30. The van der Waals surface area contributed by atoms with Crippen LogP contribution in [-0.4, -0.2) is 5.11 Å². The zero-order valence-electron chi connectivity index (χ0n) is 15.8. The van der Waals surface area contributed by atoms with Crippen LogP contribution in [0.2, 0.25) is 0 Å². The molecular weight excluding hydrogens is 334 g/mol. The highest BCUT2D eigenvalue weighted by atomic mass is 19.3. The number of halogens is 2. The van der Waals surface area contributed by atoms with Crippen LogP contribution in [0.3, 0.4) is 0 Å². The van der Waals surface area contributed by atoms with Gasteiger partial charge in [0.05, 0.1) is 5.56 Å². The molecule has 0 heterocycles. The van der Waals surface area contributed by atoms with Gasteiger partial charge in [-0.1, -0.05) is 44.7 Å². The zero-order chi connectivity index (χ0) is 19.2. The molecule has 0 aliphatic rings. The first-order valence-corrected chi connectivity index (χ1v) is 9.30. The van der Waals surface area contributed by atoms with E-state index in [0.29, 0.717) is 11.1 Å². The molecule has 0 saturated heterocycles. The highest BCUT2D eigenvalue weighted by Crippen LogP contribution is 2.35. The van der Waals surface area contributed by atoms with E-state index in [0.717, 1.165) is 18.4 Å². The molecule has 26 heavy (non-hydrogen) atoms. The Morgan fingerprint density at radius 3 is 2.08 bits per heavy atom. The second-order valence-corrected chi connectivity index (χ2v) is 6.89. The van der Waals surface area contributed by atoms with Gasteiger partial charge in [0.1, 0.15) is 11.5 Å². The fourth-order valence-corrected chi connectivity index (χ4v) is 2.98. The summed E-state index contributed by atoms with van der Waals surface area (Å²) in [6.45, 7) is 5.49. The Morgan fingerprint density at radius 1 is 0.923 bits per heavy atom. The van der Waals surface area contributed by atoms with E-state index in [2.05, 4.69) is 6.92 Å². The minimum atomic E-state index is -3.42. The van der Waals surface area contributed by atoms with Crippen molar-refractivity contribution in [1.29, 1.82) is 0 Å². The van der Waals surface area contributed by atoms with Gasteiger partial charge in [-0.3, -0.25) is 0 Å². The molecule has 0 spiro atoms. The fourth-order valence-electron chi connectivity index (χ4n) is 2.98. The number of aryl methyl sites for hydroxylation is 3. The first kappa shape index (κ1) is 20.2. The topological polar surface area (TPSA) is 29.5 Å². The maximum Gasteiger partial charge on any atom is 0.426 e. The Hall–Kier alpha value is -2.10. The first-order chi connectivity index (χ1) is 12.3. The van der Waals surface area contributed by atoms with Gasteiger partial charge in [-0.15, -0.1) is 0 Å². The molecule has 2 rings (SSSR count). The molecule has 1 N–H and O–H groups in total. The van der Waals surface area contributed by atoms with Gasteiger partial charge in [0.25, 0.3) is 0 Å². The van der Waals surface area contributed by atoms with E-state index in [1.165, 1.54) is 49.9 Å². The van der Waals surface area contributed by atoms with Gasteiger partial charge in [0.2, 0.25) is 0 Å². The predicted molar refractivity (Wildman–Crippen MR) is 101 cm³/mol. The van der Waals surface area contributed by atoms with Gasteiger partial charge in [0.15, 0.2) is 0 Å². The molecular formula is C22H28F2O2. The van der Waals surface area contributed by atoms with E-state index in [1.807, 2.05) is 0 Å². The predicted octanol–water partition coefficient (Wildman–Crippen LogP) is 6.65. The summed E-state index contributed by atoms with van der Waals surface area (Å²) in [5, 5.41) is 9.75. The number of benzene rings is 2. The van der Waals surface area contributed by atoms with Crippen LogP contribution in [0.25, 0.3) is 0 Å². The van der Waals surface area contributed by atoms with Gasteiger partial charge in [-0.05, 0) is 67.6 Å². The Morgan fingerprint density at radius 2 is 1.50 bits per heavy atom. The summed E-state index contributed by atoms with van der Waals surface area (Å²) in [6, 6.07) is 9.20. The number of hydrogen-bond donors (Lipinski definition) is 1. The normalized spacial score (nSPS) is 11.6. The van der Waals surface area contributed by atoms with E-state index in [-0.39, 0.29) is 17.1 Å². The molecule has 0 unspecified atom stereocenters. The van der Waals surface area contributed by atoms with E-state index in [9.17, 15) is 13.9 Å². The van der Waals surface area contributed by atoms with Crippen molar-refractivity contribution in [2.45, 2.75) is 65.4 Å². The van der Waals surface area contributed by atoms with Crippen molar-refractivity contribution >= 4 is 0 Å². The number of aromatic hydroxyl groups is 1. The van der Waals surface area contributed by atoms with E-state index < -0.39 is 6.11 Å². The highest BCUT2D eigenvalue weighted by Gasteiger charge is 2.34. The highest BCUT2D eigenvalue weighted by molar-refractivity contribution is 5.45. The third kappa shape index (κ3) is 5.45. The van der Waals surface area contributed by atoms with Gasteiger partial charge in [-0.2, -0.15) is 8.78 Å². The maximum atomic E-state index is 14.4. The molecule has 0 aliphatic heterocycles. The minimum Gasteiger partial charge on any atom is -0.507 e. The van der Waals surface area contributed by atoms with E-state index in [4.69, 9.17) is 4.74 Å². The SMILES string of the molecule is CCCCCCCc1ccc(C(F)(F)Oc2cc(C)c(O)c(C)c2)cc1. The molecule has 0 bridgehead atoms. The molecule has 0 radical (unpaired) electrons. The molecule has 0 aromatic heterocycles. The number of phenolic OH excluding ortho intramolecular Hbond substituents is 1. The lowest BCUT2D eigenvalue weighted by atomic mass is 10.0. The molecule has 0 amide bonds. The van der Waals surface area contributed by atoms with Crippen LogP contribution in [0.1, 0.15) is 61.3 Å². The maximum absolute atomic E-state index is 14.4. The zero-order valence-corrected chi connectivity index (χ0v) is 15.8. The molecule has 2 nitrogen and oxygen atoms in total. The van der Waals surface area contributed by atoms with Crippen LogP contribution in [-0.2, 0) is 12.5 Å². The number of ether oxygens (including phenoxy) is 1. The summed E-state index contributed by atoms with van der Waals surface area (Å²) in [4.78, 5) is 0. The van der Waals surface area contributed by atoms with E-state index >= 15 is 0 Å². The minimum absolute atomic E-state index is 0.0443. The monoisotopic (exact) mass is 362 g/mol. The van der Waals surface area contributed by atoms with Crippen molar-refractivity contribution in [3.63, 3.8) is 0 Å². The second-order valence-electron chi connectivity index (χ2n) is 6.89. The van der Waals surface area contributed by atoms with Crippen LogP contribution in [0, 0.1) is 13.8 Å². The molecule has 0 aliphatic carbocycles.